The number of amides is 3. The Labute approximate surface area is 223 Å². The minimum absolute atomic E-state index is 0.237. The molecule has 5 rings (SSSR count). The Morgan fingerprint density at radius 2 is 1.68 bits per heavy atom. The van der Waals surface area contributed by atoms with Gasteiger partial charge < -0.3 is 25.4 Å². The summed E-state index contributed by atoms with van der Waals surface area (Å²) < 4.78 is 6.50. The average Bonchev–Trinajstić information content (AvgIpc) is 3.53. The van der Waals surface area contributed by atoms with Gasteiger partial charge in [-0.2, -0.15) is 0 Å². The molecule has 3 aliphatic heterocycles. The second-order valence-corrected chi connectivity index (χ2v) is 11.8. The first kappa shape index (κ1) is 26.4. The molecule has 3 aliphatic rings. The van der Waals surface area contributed by atoms with Gasteiger partial charge in [0.25, 0.3) is 0 Å². The molecule has 0 aromatic heterocycles. The van der Waals surface area contributed by atoms with Crippen molar-refractivity contribution in [3.05, 3.63) is 71.8 Å². The van der Waals surface area contributed by atoms with E-state index in [1.54, 1.807) is 0 Å². The van der Waals surface area contributed by atoms with E-state index in [0.29, 0.717) is 25.8 Å². The number of aliphatic hydroxyl groups excluding tert-OH is 1. The Morgan fingerprint density at radius 1 is 1.05 bits per heavy atom. The van der Waals surface area contributed by atoms with Gasteiger partial charge in [0.15, 0.2) is 0 Å². The van der Waals surface area contributed by atoms with Crippen molar-refractivity contribution in [3.63, 3.8) is 0 Å². The minimum Gasteiger partial charge on any atom is -0.394 e. The Balaban J connectivity index is 1.47. The molecule has 3 saturated heterocycles. The van der Waals surface area contributed by atoms with Crippen molar-refractivity contribution in [1.82, 2.24) is 15.5 Å². The highest BCUT2D eigenvalue weighted by Crippen LogP contribution is 2.58. The molecule has 8 nitrogen and oxygen atoms in total. The van der Waals surface area contributed by atoms with Crippen molar-refractivity contribution < 1.29 is 24.2 Å². The van der Waals surface area contributed by atoms with Crippen LogP contribution in [0.15, 0.2) is 60.7 Å². The van der Waals surface area contributed by atoms with Crippen molar-refractivity contribution in [2.75, 3.05) is 6.61 Å². The lowest BCUT2D eigenvalue weighted by atomic mass is 9.70. The number of carbonyl (C=O) groups excluding carboxylic acids is 3. The van der Waals surface area contributed by atoms with Crippen LogP contribution in [0.25, 0.3) is 0 Å². The van der Waals surface area contributed by atoms with E-state index in [1.807, 2.05) is 81.4 Å². The van der Waals surface area contributed by atoms with E-state index in [4.69, 9.17) is 4.74 Å². The molecule has 3 N–H and O–H groups in total. The van der Waals surface area contributed by atoms with Crippen LogP contribution >= 0.6 is 0 Å². The SMILES string of the molecule is CC(C)(C)NC(=O)C1N([C@@H](CO)Cc2ccccc2)C(=O)[C@@H]2[C@H](C(=O)NCc3ccccc3)[C@@H]3CCC12O3. The van der Waals surface area contributed by atoms with Crippen LogP contribution in [0.3, 0.4) is 0 Å². The Hall–Kier alpha value is -3.23. The van der Waals surface area contributed by atoms with Crippen LogP contribution in [0.4, 0.5) is 0 Å². The lowest BCUT2D eigenvalue weighted by molar-refractivity contribution is -0.146. The smallest absolute Gasteiger partial charge is 0.246 e. The Kier molecular flexibility index (Phi) is 7.05. The second kappa shape index (κ2) is 10.2. The molecule has 6 atom stereocenters. The molecule has 0 saturated carbocycles. The molecule has 38 heavy (non-hydrogen) atoms. The lowest BCUT2D eigenvalue weighted by Gasteiger charge is -2.38. The molecular weight excluding hydrogens is 482 g/mol. The fraction of sp³-hybridized carbons (Fsp3) is 0.500. The molecule has 2 unspecified atom stereocenters. The van der Waals surface area contributed by atoms with Crippen molar-refractivity contribution in [2.24, 2.45) is 11.8 Å². The fourth-order valence-corrected chi connectivity index (χ4v) is 6.56. The van der Waals surface area contributed by atoms with Crippen LogP contribution in [0.2, 0.25) is 0 Å². The number of benzene rings is 2. The van der Waals surface area contributed by atoms with Gasteiger partial charge in [-0.1, -0.05) is 60.7 Å². The van der Waals surface area contributed by atoms with Crippen LogP contribution in [0, 0.1) is 11.8 Å². The van der Waals surface area contributed by atoms with Crippen LogP contribution in [0.1, 0.15) is 44.7 Å². The largest absolute Gasteiger partial charge is 0.394 e. The molecule has 2 bridgehead atoms. The van der Waals surface area contributed by atoms with Crippen LogP contribution in [-0.4, -0.2) is 63.7 Å². The standard InChI is InChI=1S/C30H37N3O5/c1-29(2,3)32-27(36)25-30-15-14-22(38-30)23(26(35)31-17-20-12-8-5-9-13-20)24(30)28(37)33(25)21(18-34)16-19-10-6-4-7-11-19/h4-13,21-25,34H,14-18H2,1-3H3,(H,31,35)(H,32,36)/t21-,22+,23-,24+,25?,30?/m1/s1. The monoisotopic (exact) mass is 519 g/mol. The normalized spacial score (nSPS) is 28.7. The van der Waals surface area contributed by atoms with E-state index >= 15 is 0 Å². The van der Waals surface area contributed by atoms with Crippen molar-refractivity contribution in [1.29, 1.82) is 0 Å². The summed E-state index contributed by atoms with van der Waals surface area (Å²) in [7, 11) is 0. The summed E-state index contributed by atoms with van der Waals surface area (Å²) in [6.07, 6.45) is 1.08. The molecule has 8 heteroatoms. The molecular formula is C30H37N3O5. The van der Waals surface area contributed by atoms with Gasteiger partial charge in [-0.3, -0.25) is 14.4 Å². The highest BCUT2D eigenvalue weighted by Gasteiger charge is 2.75. The van der Waals surface area contributed by atoms with Crippen LogP contribution in [-0.2, 0) is 32.1 Å². The van der Waals surface area contributed by atoms with Gasteiger partial charge in [0.05, 0.1) is 30.6 Å². The van der Waals surface area contributed by atoms with Gasteiger partial charge in [-0.25, -0.2) is 0 Å². The van der Waals surface area contributed by atoms with Crippen LogP contribution in [0.5, 0.6) is 0 Å². The predicted molar refractivity (Wildman–Crippen MR) is 142 cm³/mol. The molecule has 2 aromatic carbocycles. The summed E-state index contributed by atoms with van der Waals surface area (Å²) >= 11 is 0. The zero-order chi connectivity index (χ0) is 27.1. The van der Waals surface area contributed by atoms with Gasteiger partial charge in [0.1, 0.15) is 11.6 Å². The van der Waals surface area contributed by atoms with Crippen molar-refractivity contribution in [3.8, 4) is 0 Å². The van der Waals surface area contributed by atoms with E-state index in [-0.39, 0.29) is 24.3 Å². The fourth-order valence-electron chi connectivity index (χ4n) is 6.56. The van der Waals surface area contributed by atoms with Gasteiger partial charge in [0, 0.05) is 12.1 Å². The van der Waals surface area contributed by atoms with Gasteiger partial charge >= 0.3 is 0 Å². The molecule has 3 fully saturated rings. The number of hydrogen-bond donors (Lipinski definition) is 3. The van der Waals surface area contributed by atoms with E-state index < -0.39 is 41.2 Å². The number of nitrogens with one attached hydrogen (secondary N) is 2. The molecule has 0 radical (unpaired) electrons. The number of carbonyl (C=O) groups is 3. The molecule has 3 heterocycles. The molecule has 202 valence electrons. The molecule has 0 aliphatic carbocycles. The van der Waals surface area contributed by atoms with E-state index in [0.717, 1.165) is 11.1 Å². The molecule has 2 aromatic rings. The number of likely N-dealkylation sites (tertiary alicyclic amines) is 1. The highest BCUT2D eigenvalue weighted by molar-refractivity contribution is 5.99. The van der Waals surface area contributed by atoms with Gasteiger partial charge in [-0.05, 0) is 51.2 Å². The quantitative estimate of drug-likeness (QED) is 0.496. The van der Waals surface area contributed by atoms with Gasteiger partial charge in [-0.15, -0.1) is 0 Å². The maximum absolute atomic E-state index is 14.2. The first-order valence-electron chi connectivity index (χ1n) is 13.4. The average molecular weight is 520 g/mol. The molecule has 3 amide bonds. The maximum atomic E-state index is 14.2. The van der Waals surface area contributed by atoms with E-state index in [9.17, 15) is 19.5 Å². The Morgan fingerprint density at radius 3 is 2.29 bits per heavy atom. The topological polar surface area (TPSA) is 108 Å². The summed E-state index contributed by atoms with van der Waals surface area (Å²) in [6.45, 7) is 5.71. The number of rotatable bonds is 8. The number of hydrogen-bond acceptors (Lipinski definition) is 5. The molecule has 1 spiro atoms. The third kappa shape index (κ3) is 4.71. The highest BCUT2D eigenvalue weighted by atomic mass is 16.5. The van der Waals surface area contributed by atoms with E-state index in [1.165, 1.54) is 4.90 Å². The summed E-state index contributed by atoms with van der Waals surface area (Å²) in [5.41, 5.74) is 0.282. The summed E-state index contributed by atoms with van der Waals surface area (Å²) in [4.78, 5) is 43.1. The number of aliphatic hydroxyl groups is 1. The summed E-state index contributed by atoms with van der Waals surface area (Å²) in [5.74, 6) is -2.32. The van der Waals surface area contributed by atoms with E-state index in [2.05, 4.69) is 10.6 Å². The zero-order valence-corrected chi connectivity index (χ0v) is 22.2. The van der Waals surface area contributed by atoms with Crippen LogP contribution < -0.4 is 10.6 Å². The van der Waals surface area contributed by atoms with Gasteiger partial charge in [0.2, 0.25) is 17.7 Å². The summed E-state index contributed by atoms with van der Waals surface area (Å²) in [6, 6.07) is 17.7. The zero-order valence-electron chi connectivity index (χ0n) is 22.2. The second-order valence-electron chi connectivity index (χ2n) is 11.8. The van der Waals surface area contributed by atoms with Crippen molar-refractivity contribution >= 4 is 17.7 Å². The first-order valence-corrected chi connectivity index (χ1v) is 13.4. The lowest BCUT2D eigenvalue weighted by Crippen LogP contribution is -2.60. The summed E-state index contributed by atoms with van der Waals surface area (Å²) in [5, 5.41) is 16.5. The number of ether oxygens (including phenoxy) is 1. The minimum atomic E-state index is -1.10. The number of fused-ring (bicyclic) bond motifs is 1. The third-order valence-corrected chi connectivity index (χ3v) is 8.02. The predicted octanol–water partition coefficient (Wildman–Crippen LogP) is 2.20. The Bertz CT molecular complexity index is 1180. The number of nitrogens with zero attached hydrogens (tertiary/aromatic N) is 1. The first-order chi connectivity index (χ1) is 18.1. The third-order valence-electron chi connectivity index (χ3n) is 8.02. The van der Waals surface area contributed by atoms with Crippen molar-refractivity contribution in [2.45, 2.75) is 75.9 Å². The maximum Gasteiger partial charge on any atom is 0.246 e.